The van der Waals surface area contributed by atoms with Gasteiger partial charge in [-0.1, -0.05) is 18.2 Å². The molecule has 0 unspecified atom stereocenters. The molecule has 0 heterocycles. The third kappa shape index (κ3) is 3.24. The summed E-state index contributed by atoms with van der Waals surface area (Å²) in [5.41, 5.74) is 6.17. The molecule has 2 N–H and O–H groups in total. The van der Waals surface area contributed by atoms with Crippen LogP contribution in [0.1, 0.15) is 22.8 Å². The van der Waals surface area contributed by atoms with Crippen molar-refractivity contribution in [3.63, 3.8) is 0 Å². The highest BCUT2D eigenvalue weighted by Crippen LogP contribution is 2.09. The summed E-state index contributed by atoms with van der Waals surface area (Å²) in [6.07, 6.45) is 2.78. The highest BCUT2D eigenvalue weighted by Gasteiger charge is 2.04. The van der Waals surface area contributed by atoms with Gasteiger partial charge < -0.3 is 10.5 Å². The zero-order chi connectivity index (χ0) is 12.0. The zero-order valence-electron chi connectivity index (χ0n) is 8.97. The van der Waals surface area contributed by atoms with Crippen molar-refractivity contribution >= 4 is 18.0 Å². The normalized spacial score (nSPS) is 10.3. The van der Waals surface area contributed by atoms with Crippen molar-refractivity contribution in [2.75, 3.05) is 6.61 Å². The maximum atomic E-state index is 11.1. The SMILES string of the molecule is CCOC(=O)C=Cc1ccccc1C(N)=O. The first kappa shape index (κ1) is 12.0. The van der Waals surface area contributed by atoms with Gasteiger partial charge >= 0.3 is 5.97 Å². The summed E-state index contributed by atoms with van der Waals surface area (Å²) < 4.78 is 4.72. The molecule has 0 aliphatic rings. The van der Waals surface area contributed by atoms with Crippen LogP contribution >= 0.6 is 0 Å². The minimum atomic E-state index is -0.524. The first-order valence-electron chi connectivity index (χ1n) is 4.88. The Hall–Kier alpha value is -2.10. The van der Waals surface area contributed by atoms with Crippen molar-refractivity contribution in [3.05, 3.63) is 41.5 Å². The highest BCUT2D eigenvalue weighted by molar-refractivity contribution is 5.98. The van der Waals surface area contributed by atoms with Crippen LogP contribution in [0.3, 0.4) is 0 Å². The van der Waals surface area contributed by atoms with E-state index in [1.165, 1.54) is 12.2 Å². The molecule has 16 heavy (non-hydrogen) atoms. The second kappa shape index (κ2) is 5.70. The Morgan fingerprint density at radius 2 is 2.06 bits per heavy atom. The number of esters is 1. The Kier molecular flexibility index (Phi) is 4.27. The number of primary amides is 1. The van der Waals surface area contributed by atoms with Gasteiger partial charge in [0, 0.05) is 11.6 Å². The van der Waals surface area contributed by atoms with Gasteiger partial charge in [0.1, 0.15) is 0 Å². The van der Waals surface area contributed by atoms with Crippen LogP contribution in [0.2, 0.25) is 0 Å². The molecule has 0 atom stereocenters. The van der Waals surface area contributed by atoms with Crippen LogP contribution in [0.4, 0.5) is 0 Å². The minimum absolute atomic E-state index is 0.320. The molecule has 0 fully saturated rings. The Bertz CT molecular complexity index is 424. The van der Waals surface area contributed by atoms with E-state index in [2.05, 4.69) is 0 Å². The Morgan fingerprint density at radius 3 is 2.69 bits per heavy atom. The lowest BCUT2D eigenvalue weighted by Crippen LogP contribution is -2.12. The molecule has 4 nitrogen and oxygen atoms in total. The number of amides is 1. The van der Waals surface area contributed by atoms with E-state index >= 15 is 0 Å². The first-order valence-corrected chi connectivity index (χ1v) is 4.88. The van der Waals surface area contributed by atoms with Crippen LogP contribution in [0, 0.1) is 0 Å². The first-order chi connectivity index (χ1) is 7.65. The Labute approximate surface area is 93.7 Å². The topological polar surface area (TPSA) is 69.4 Å². The second-order valence-electron chi connectivity index (χ2n) is 3.04. The number of benzene rings is 1. The van der Waals surface area contributed by atoms with Gasteiger partial charge in [-0.05, 0) is 24.6 Å². The summed E-state index contributed by atoms with van der Waals surface area (Å²) in [5, 5.41) is 0. The van der Waals surface area contributed by atoms with Crippen molar-refractivity contribution in [2.24, 2.45) is 5.73 Å². The zero-order valence-corrected chi connectivity index (χ0v) is 8.97. The number of carbonyl (C=O) groups is 2. The monoisotopic (exact) mass is 219 g/mol. The Morgan fingerprint density at radius 1 is 1.38 bits per heavy atom. The lowest BCUT2D eigenvalue weighted by molar-refractivity contribution is -0.137. The van der Waals surface area contributed by atoms with E-state index in [1.54, 1.807) is 31.2 Å². The molecule has 0 aliphatic heterocycles. The van der Waals surface area contributed by atoms with E-state index in [1.807, 2.05) is 0 Å². The van der Waals surface area contributed by atoms with E-state index in [9.17, 15) is 9.59 Å². The van der Waals surface area contributed by atoms with E-state index in [0.717, 1.165) is 0 Å². The molecule has 0 saturated heterocycles. The van der Waals surface area contributed by atoms with Gasteiger partial charge in [0.15, 0.2) is 0 Å². The van der Waals surface area contributed by atoms with E-state index in [0.29, 0.717) is 17.7 Å². The van der Waals surface area contributed by atoms with Gasteiger partial charge in [-0.15, -0.1) is 0 Å². The van der Waals surface area contributed by atoms with Gasteiger partial charge in [0.2, 0.25) is 5.91 Å². The van der Waals surface area contributed by atoms with Crippen LogP contribution in [0.25, 0.3) is 6.08 Å². The molecule has 84 valence electrons. The highest BCUT2D eigenvalue weighted by atomic mass is 16.5. The summed E-state index contributed by atoms with van der Waals surface area (Å²) in [6, 6.07) is 6.78. The molecule has 1 aromatic carbocycles. The number of nitrogens with two attached hydrogens (primary N) is 1. The summed E-state index contributed by atoms with van der Waals surface area (Å²) in [7, 11) is 0. The van der Waals surface area contributed by atoms with Gasteiger partial charge in [0.05, 0.1) is 6.61 Å². The standard InChI is InChI=1S/C12H13NO3/c1-2-16-11(14)8-7-9-5-3-4-6-10(9)12(13)15/h3-8H,2H2,1H3,(H2,13,15). The molecular formula is C12H13NO3. The summed E-state index contributed by atoms with van der Waals surface area (Å²) >= 11 is 0. The van der Waals surface area contributed by atoms with Crippen molar-refractivity contribution in [3.8, 4) is 0 Å². The van der Waals surface area contributed by atoms with Crippen LogP contribution in [0.5, 0.6) is 0 Å². The molecule has 4 heteroatoms. The molecule has 0 spiro atoms. The summed E-state index contributed by atoms with van der Waals surface area (Å²) in [6.45, 7) is 2.05. The molecule has 0 aromatic heterocycles. The molecular weight excluding hydrogens is 206 g/mol. The van der Waals surface area contributed by atoms with Crippen LogP contribution in [0.15, 0.2) is 30.3 Å². The van der Waals surface area contributed by atoms with Crippen molar-refractivity contribution in [2.45, 2.75) is 6.92 Å². The number of hydrogen-bond acceptors (Lipinski definition) is 3. The van der Waals surface area contributed by atoms with Crippen molar-refractivity contribution in [1.29, 1.82) is 0 Å². The molecule has 0 radical (unpaired) electrons. The number of rotatable bonds is 4. The van der Waals surface area contributed by atoms with Gasteiger partial charge in [-0.3, -0.25) is 4.79 Å². The van der Waals surface area contributed by atoms with Crippen molar-refractivity contribution in [1.82, 2.24) is 0 Å². The van der Waals surface area contributed by atoms with E-state index in [4.69, 9.17) is 10.5 Å². The molecule has 0 saturated carbocycles. The third-order valence-electron chi connectivity index (χ3n) is 1.91. The maximum Gasteiger partial charge on any atom is 0.330 e. The predicted octanol–water partition coefficient (Wildman–Crippen LogP) is 1.36. The summed E-state index contributed by atoms with van der Waals surface area (Å²) in [4.78, 5) is 22.1. The smallest absolute Gasteiger partial charge is 0.330 e. The molecule has 1 rings (SSSR count). The molecule has 1 amide bonds. The second-order valence-corrected chi connectivity index (χ2v) is 3.04. The summed E-state index contributed by atoms with van der Waals surface area (Å²) in [5.74, 6) is -0.967. The average Bonchev–Trinajstić information content (AvgIpc) is 2.27. The lowest BCUT2D eigenvalue weighted by atomic mass is 10.1. The van der Waals surface area contributed by atoms with Crippen LogP contribution in [-0.4, -0.2) is 18.5 Å². The van der Waals surface area contributed by atoms with Gasteiger partial charge in [0.25, 0.3) is 0 Å². The average molecular weight is 219 g/mol. The van der Waals surface area contributed by atoms with Crippen LogP contribution in [-0.2, 0) is 9.53 Å². The fourth-order valence-corrected chi connectivity index (χ4v) is 1.21. The molecule has 0 bridgehead atoms. The molecule has 0 aliphatic carbocycles. The number of hydrogen-bond donors (Lipinski definition) is 1. The third-order valence-corrected chi connectivity index (χ3v) is 1.91. The number of ether oxygens (including phenoxy) is 1. The minimum Gasteiger partial charge on any atom is -0.463 e. The van der Waals surface area contributed by atoms with Crippen LogP contribution < -0.4 is 5.73 Å². The predicted molar refractivity (Wildman–Crippen MR) is 60.6 cm³/mol. The van der Waals surface area contributed by atoms with Gasteiger partial charge in [-0.25, -0.2) is 4.79 Å². The maximum absolute atomic E-state index is 11.1. The van der Waals surface area contributed by atoms with E-state index in [-0.39, 0.29) is 0 Å². The Balaban J connectivity index is 2.88. The fraction of sp³-hybridized carbons (Fsp3) is 0.167. The van der Waals surface area contributed by atoms with Gasteiger partial charge in [-0.2, -0.15) is 0 Å². The molecule has 1 aromatic rings. The lowest BCUT2D eigenvalue weighted by Gasteiger charge is -2.00. The van der Waals surface area contributed by atoms with Crippen molar-refractivity contribution < 1.29 is 14.3 Å². The fourth-order valence-electron chi connectivity index (χ4n) is 1.21. The number of carbonyl (C=O) groups excluding carboxylic acids is 2. The van der Waals surface area contributed by atoms with E-state index < -0.39 is 11.9 Å². The largest absolute Gasteiger partial charge is 0.463 e. The quantitative estimate of drug-likeness (QED) is 0.614.